The number of benzene rings is 1. The number of esters is 1. The van der Waals surface area contributed by atoms with Gasteiger partial charge in [0.25, 0.3) is 0 Å². The molecular formula is C21H25N5O3. The number of ether oxygens (including phenoxy) is 1. The zero-order chi connectivity index (χ0) is 21.1. The summed E-state index contributed by atoms with van der Waals surface area (Å²) in [7, 11) is 3.24. The van der Waals surface area contributed by atoms with Gasteiger partial charge in [0, 0.05) is 11.7 Å². The van der Waals surface area contributed by atoms with Gasteiger partial charge in [-0.3, -0.25) is 9.69 Å². The molecule has 0 aliphatic carbocycles. The van der Waals surface area contributed by atoms with Crippen molar-refractivity contribution in [2.45, 2.75) is 26.8 Å². The van der Waals surface area contributed by atoms with Crippen LogP contribution in [-0.4, -0.2) is 57.1 Å². The number of hydrogen-bond acceptors (Lipinski definition) is 6. The van der Waals surface area contributed by atoms with E-state index in [9.17, 15) is 9.59 Å². The van der Waals surface area contributed by atoms with Crippen molar-refractivity contribution in [3.8, 4) is 5.69 Å². The molecule has 0 radical (unpaired) electrons. The van der Waals surface area contributed by atoms with Crippen molar-refractivity contribution >= 4 is 11.8 Å². The van der Waals surface area contributed by atoms with Crippen LogP contribution in [0.5, 0.6) is 0 Å². The Labute approximate surface area is 169 Å². The Hall–Kier alpha value is -3.26. The summed E-state index contributed by atoms with van der Waals surface area (Å²) in [4.78, 5) is 33.8. The van der Waals surface area contributed by atoms with Crippen LogP contribution in [0.15, 0.2) is 36.9 Å². The standard InChI is InChI=1S/C21H25N5O3/c1-13-19(21(28)29-5)14(2)24-20(13)18(27)10-25(4)15(3)16-6-8-17(9-7-16)26-12-22-11-23-26/h6-9,11-12,15,24H,10H2,1-5H3. The molecule has 0 saturated carbocycles. The van der Waals surface area contributed by atoms with Crippen LogP contribution in [0.1, 0.15) is 50.6 Å². The monoisotopic (exact) mass is 395 g/mol. The molecule has 0 fully saturated rings. The highest BCUT2D eigenvalue weighted by molar-refractivity contribution is 6.02. The number of H-pyrrole nitrogens is 1. The lowest BCUT2D eigenvalue weighted by atomic mass is 10.1. The van der Waals surface area contributed by atoms with E-state index in [1.54, 1.807) is 24.9 Å². The molecule has 1 aromatic carbocycles. The molecule has 1 N–H and O–H groups in total. The second kappa shape index (κ2) is 8.40. The third-order valence-electron chi connectivity index (χ3n) is 5.22. The van der Waals surface area contributed by atoms with Gasteiger partial charge in [0.2, 0.25) is 0 Å². The molecule has 3 aromatic rings. The first-order valence-corrected chi connectivity index (χ1v) is 9.29. The van der Waals surface area contributed by atoms with Crippen LogP contribution < -0.4 is 0 Å². The molecule has 2 aromatic heterocycles. The lowest BCUT2D eigenvalue weighted by Crippen LogP contribution is -2.29. The number of carbonyl (C=O) groups excluding carboxylic acids is 2. The van der Waals surface area contributed by atoms with E-state index in [0.29, 0.717) is 22.5 Å². The van der Waals surface area contributed by atoms with E-state index in [1.807, 2.05) is 43.1 Å². The second-order valence-corrected chi connectivity index (χ2v) is 7.06. The summed E-state index contributed by atoms with van der Waals surface area (Å²) >= 11 is 0. The number of aromatic nitrogens is 4. The van der Waals surface area contributed by atoms with Crippen LogP contribution in [0.2, 0.25) is 0 Å². The van der Waals surface area contributed by atoms with Crippen molar-refractivity contribution in [1.82, 2.24) is 24.6 Å². The molecule has 0 aliphatic rings. The average Bonchev–Trinajstić information content (AvgIpc) is 3.35. The molecular weight excluding hydrogens is 370 g/mol. The van der Waals surface area contributed by atoms with E-state index in [2.05, 4.69) is 15.1 Å². The van der Waals surface area contributed by atoms with Gasteiger partial charge in [0.15, 0.2) is 5.78 Å². The highest BCUT2D eigenvalue weighted by Gasteiger charge is 2.24. The topological polar surface area (TPSA) is 93.1 Å². The smallest absolute Gasteiger partial charge is 0.339 e. The molecule has 8 nitrogen and oxygen atoms in total. The minimum Gasteiger partial charge on any atom is -0.465 e. The van der Waals surface area contributed by atoms with Crippen molar-refractivity contribution in [3.63, 3.8) is 0 Å². The van der Waals surface area contributed by atoms with Gasteiger partial charge in [-0.25, -0.2) is 14.5 Å². The number of nitrogens with one attached hydrogen (secondary N) is 1. The van der Waals surface area contributed by atoms with Gasteiger partial charge in [-0.2, -0.15) is 5.10 Å². The molecule has 8 heteroatoms. The number of aromatic amines is 1. The predicted octanol–water partition coefficient (Wildman–Crippen LogP) is 2.87. The number of rotatable bonds is 7. The Morgan fingerprint density at radius 3 is 2.52 bits per heavy atom. The van der Waals surface area contributed by atoms with Crippen LogP contribution in [0.25, 0.3) is 5.69 Å². The van der Waals surface area contributed by atoms with E-state index in [0.717, 1.165) is 11.3 Å². The summed E-state index contributed by atoms with van der Waals surface area (Å²) in [6.07, 6.45) is 3.14. The zero-order valence-corrected chi connectivity index (χ0v) is 17.3. The Kier molecular flexibility index (Phi) is 5.93. The molecule has 0 bridgehead atoms. The van der Waals surface area contributed by atoms with Gasteiger partial charge in [0.05, 0.1) is 30.6 Å². The van der Waals surface area contributed by atoms with Crippen molar-refractivity contribution in [1.29, 1.82) is 0 Å². The highest BCUT2D eigenvalue weighted by atomic mass is 16.5. The first-order chi connectivity index (χ1) is 13.8. The quantitative estimate of drug-likeness (QED) is 0.488. The van der Waals surface area contributed by atoms with Crippen LogP contribution in [0.4, 0.5) is 0 Å². The number of aryl methyl sites for hydroxylation is 1. The molecule has 1 unspecified atom stereocenters. The molecule has 29 heavy (non-hydrogen) atoms. The molecule has 0 amide bonds. The predicted molar refractivity (Wildman–Crippen MR) is 108 cm³/mol. The lowest BCUT2D eigenvalue weighted by Gasteiger charge is -2.24. The summed E-state index contributed by atoms with van der Waals surface area (Å²) in [5.74, 6) is -0.515. The Morgan fingerprint density at radius 1 is 1.24 bits per heavy atom. The zero-order valence-electron chi connectivity index (χ0n) is 17.3. The summed E-state index contributed by atoms with van der Waals surface area (Å²) in [6.45, 7) is 5.78. The van der Waals surface area contributed by atoms with E-state index in [4.69, 9.17) is 4.74 Å². The SMILES string of the molecule is COC(=O)c1c(C)[nH]c(C(=O)CN(C)C(C)c2ccc(-n3cncn3)cc2)c1C. The van der Waals surface area contributed by atoms with Gasteiger partial charge >= 0.3 is 5.97 Å². The van der Waals surface area contributed by atoms with Gasteiger partial charge < -0.3 is 9.72 Å². The average molecular weight is 395 g/mol. The molecule has 1 atom stereocenters. The normalized spacial score (nSPS) is 12.2. The number of methoxy groups -OCH3 is 1. The maximum atomic E-state index is 12.9. The van der Waals surface area contributed by atoms with Crippen molar-refractivity contribution in [2.24, 2.45) is 0 Å². The largest absolute Gasteiger partial charge is 0.465 e. The summed E-state index contributed by atoms with van der Waals surface area (Å²) in [5.41, 5.74) is 4.14. The number of hydrogen-bond donors (Lipinski definition) is 1. The lowest BCUT2D eigenvalue weighted by molar-refractivity contribution is 0.0599. The van der Waals surface area contributed by atoms with Gasteiger partial charge in [-0.15, -0.1) is 0 Å². The van der Waals surface area contributed by atoms with Gasteiger partial charge in [0.1, 0.15) is 12.7 Å². The van der Waals surface area contributed by atoms with Crippen LogP contribution in [0.3, 0.4) is 0 Å². The second-order valence-electron chi connectivity index (χ2n) is 7.06. The molecule has 2 heterocycles. The maximum absolute atomic E-state index is 12.9. The number of ketones is 1. The molecule has 0 saturated heterocycles. The highest BCUT2D eigenvalue weighted by Crippen LogP contribution is 2.23. The molecule has 3 rings (SSSR count). The first-order valence-electron chi connectivity index (χ1n) is 9.29. The summed E-state index contributed by atoms with van der Waals surface area (Å²) in [5, 5.41) is 4.12. The van der Waals surface area contributed by atoms with Crippen LogP contribution in [0, 0.1) is 13.8 Å². The van der Waals surface area contributed by atoms with Gasteiger partial charge in [-0.1, -0.05) is 12.1 Å². The van der Waals surface area contributed by atoms with E-state index < -0.39 is 5.97 Å². The van der Waals surface area contributed by atoms with Gasteiger partial charge in [-0.05, 0) is 51.1 Å². The first kappa shape index (κ1) is 20.5. The van der Waals surface area contributed by atoms with Crippen LogP contribution >= 0.6 is 0 Å². The fraction of sp³-hybridized carbons (Fsp3) is 0.333. The van der Waals surface area contributed by atoms with Crippen LogP contribution in [-0.2, 0) is 4.74 Å². The molecule has 152 valence electrons. The Bertz CT molecular complexity index is 1010. The minimum atomic E-state index is -0.440. The molecule has 0 aliphatic heterocycles. The molecule has 0 spiro atoms. The summed E-state index contributed by atoms with van der Waals surface area (Å²) < 4.78 is 6.51. The Morgan fingerprint density at radius 2 is 1.93 bits per heavy atom. The van der Waals surface area contributed by atoms with E-state index in [-0.39, 0.29) is 18.4 Å². The number of carbonyl (C=O) groups is 2. The van der Waals surface area contributed by atoms with Crippen molar-refractivity contribution < 1.29 is 14.3 Å². The van der Waals surface area contributed by atoms with E-state index in [1.165, 1.54) is 13.4 Å². The van der Waals surface area contributed by atoms with E-state index >= 15 is 0 Å². The maximum Gasteiger partial charge on any atom is 0.339 e. The van der Waals surface area contributed by atoms with Crippen molar-refractivity contribution in [3.05, 3.63) is 65.0 Å². The number of nitrogens with zero attached hydrogens (tertiary/aromatic N) is 4. The fourth-order valence-corrected chi connectivity index (χ4v) is 3.38. The summed E-state index contributed by atoms with van der Waals surface area (Å²) in [6, 6.07) is 8.00. The Balaban J connectivity index is 1.72. The third kappa shape index (κ3) is 4.12. The number of Topliss-reactive ketones (excluding diaryl/α,β-unsaturated/α-hetero) is 1. The third-order valence-corrected chi connectivity index (χ3v) is 5.22. The van der Waals surface area contributed by atoms with Crippen molar-refractivity contribution in [2.75, 3.05) is 20.7 Å². The number of likely N-dealkylation sites (N-methyl/N-ethyl adjacent to an activating group) is 1. The fourth-order valence-electron chi connectivity index (χ4n) is 3.38. The minimum absolute atomic E-state index is 0.0280.